The molecule has 0 aliphatic carbocycles. The van der Waals surface area contributed by atoms with Crippen molar-refractivity contribution in [1.82, 2.24) is 0 Å². The second-order valence-electron chi connectivity index (χ2n) is 5.02. The number of hydrogen-bond acceptors (Lipinski definition) is 1. The number of rotatable bonds is 10. The summed E-state index contributed by atoms with van der Waals surface area (Å²) < 4.78 is 0. The summed E-state index contributed by atoms with van der Waals surface area (Å²) in [7, 11) is 0. The van der Waals surface area contributed by atoms with E-state index in [9.17, 15) is 4.79 Å². The maximum Gasteiger partial charge on any atom is 0.330 e. The van der Waals surface area contributed by atoms with Gasteiger partial charge in [-0.1, -0.05) is 62.6 Å². The molecule has 104 valence electrons. The number of unbranched alkanes of at least 4 members (excludes halogenated alkanes) is 5. The minimum Gasteiger partial charge on any atom is -0.478 e. The average Bonchev–Trinajstić information content (AvgIpc) is 2.42. The molecule has 0 unspecified atom stereocenters. The summed E-state index contributed by atoms with van der Waals surface area (Å²) in [5, 5.41) is 8.66. The van der Waals surface area contributed by atoms with Gasteiger partial charge >= 0.3 is 5.97 Å². The largest absolute Gasteiger partial charge is 0.478 e. The van der Waals surface area contributed by atoms with Gasteiger partial charge in [-0.25, -0.2) is 4.79 Å². The molecule has 1 aromatic rings. The Balaban J connectivity index is 1.92. The van der Waals surface area contributed by atoms with Gasteiger partial charge in [-0.05, 0) is 31.2 Å². The van der Waals surface area contributed by atoms with E-state index >= 15 is 0 Å². The molecule has 0 radical (unpaired) electrons. The van der Waals surface area contributed by atoms with Crippen molar-refractivity contribution in [2.24, 2.45) is 0 Å². The number of carbonyl (C=O) groups is 1. The quantitative estimate of drug-likeness (QED) is 0.493. The monoisotopic (exact) mass is 260 g/mol. The molecule has 0 heterocycles. The van der Waals surface area contributed by atoms with Crippen molar-refractivity contribution in [2.75, 3.05) is 0 Å². The Morgan fingerprint density at radius 3 is 2.16 bits per heavy atom. The van der Waals surface area contributed by atoms with Crippen molar-refractivity contribution < 1.29 is 9.90 Å². The Morgan fingerprint density at radius 2 is 1.53 bits per heavy atom. The van der Waals surface area contributed by atoms with Gasteiger partial charge < -0.3 is 5.11 Å². The number of hydrogen-bond donors (Lipinski definition) is 1. The summed E-state index contributed by atoms with van der Waals surface area (Å²) in [6.45, 7) is 3.54. The van der Waals surface area contributed by atoms with Crippen molar-refractivity contribution in [2.45, 2.75) is 51.4 Å². The molecule has 0 amide bonds. The highest BCUT2D eigenvalue weighted by atomic mass is 16.4. The molecule has 0 aliphatic rings. The molecule has 0 fully saturated rings. The summed E-state index contributed by atoms with van der Waals surface area (Å²) in [4.78, 5) is 10.5. The van der Waals surface area contributed by atoms with Crippen LogP contribution in [0.3, 0.4) is 0 Å². The van der Waals surface area contributed by atoms with Crippen molar-refractivity contribution in [3.8, 4) is 0 Å². The minimum atomic E-state index is -0.858. The topological polar surface area (TPSA) is 37.3 Å². The smallest absolute Gasteiger partial charge is 0.330 e. The molecule has 0 atom stereocenters. The van der Waals surface area contributed by atoms with Crippen LogP contribution < -0.4 is 0 Å². The van der Waals surface area contributed by atoms with Gasteiger partial charge in [-0.2, -0.15) is 0 Å². The second kappa shape index (κ2) is 9.37. The Morgan fingerprint density at radius 1 is 0.947 bits per heavy atom. The van der Waals surface area contributed by atoms with E-state index in [-0.39, 0.29) is 0 Å². The molecule has 0 spiro atoms. The first-order valence-electron chi connectivity index (χ1n) is 7.15. The molecular weight excluding hydrogens is 236 g/mol. The van der Waals surface area contributed by atoms with E-state index in [0.717, 1.165) is 19.3 Å². The van der Waals surface area contributed by atoms with Gasteiger partial charge in [0.15, 0.2) is 0 Å². The van der Waals surface area contributed by atoms with Gasteiger partial charge in [-0.3, -0.25) is 0 Å². The average molecular weight is 260 g/mol. The van der Waals surface area contributed by atoms with Crippen LogP contribution >= 0.6 is 0 Å². The van der Waals surface area contributed by atoms with Crippen LogP contribution in [-0.4, -0.2) is 11.1 Å². The van der Waals surface area contributed by atoms with Gasteiger partial charge in [0, 0.05) is 5.57 Å². The lowest BCUT2D eigenvalue weighted by Gasteiger charge is -2.03. The SMILES string of the molecule is C=C(CCCCCCCCc1ccccc1)C(=O)O. The third-order valence-corrected chi connectivity index (χ3v) is 3.34. The number of aliphatic carboxylic acids is 1. The number of carboxylic acid groups (broad SMARTS) is 1. The van der Waals surface area contributed by atoms with Gasteiger partial charge in [-0.15, -0.1) is 0 Å². The first-order valence-corrected chi connectivity index (χ1v) is 7.15. The zero-order valence-electron chi connectivity index (χ0n) is 11.6. The summed E-state index contributed by atoms with van der Waals surface area (Å²) in [5.74, 6) is -0.858. The standard InChI is InChI=1S/C17H24O2/c1-15(17(18)19)11-7-4-2-3-5-8-12-16-13-9-6-10-14-16/h6,9-10,13-14H,1-5,7-8,11-12H2,(H,18,19). The lowest BCUT2D eigenvalue weighted by atomic mass is 10.0. The lowest BCUT2D eigenvalue weighted by molar-refractivity contribution is -0.132. The highest BCUT2D eigenvalue weighted by Crippen LogP contribution is 2.12. The molecule has 0 saturated heterocycles. The van der Waals surface area contributed by atoms with Crippen molar-refractivity contribution in [3.63, 3.8) is 0 Å². The predicted molar refractivity (Wildman–Crippen MR) is 79.2 cm³/mol. The van der Waals surface area contributed by atoms with E-state index in [0.29, 0.717) is 12.0 Å². The zero-order valence-corrected chi connectivity index (χ0v) is 11.6. The molecule has 0 aliphatic heterocycles. The molecule has 19 heavy (non-hydrogen) atoms. The molecule has 0 bridgehead atoms. The Bertz CT molecular complexity index is 382. The maximum absolute atomic E-state index is 10.5. The van der Waals surface area contributed by atoms with Crippen molar-refractivity contribution in [1.29, 1.82) is 0 Å². The number of aryl methyl sites for hydroxylation is 1. The van der Waals surface area contributed by atoms with E-state index in [4.69, 9.17) is 5.11 Å². The highest BCUT2D eigenvalue weighted by Gasteiger charge is 2.02. The van der Waals surface area contributed by atoms with Crippen LogP contribution in [0.15, 0.2) is 42.5 Å². The van der Waals surface area contributed by atoms with E-state index in [1.54, 1.807) is 0 Å². The summed E-state index contributed by atoms with van der Waals surface area (Å²) in [5.41, 5.74) is 1.75. The van der Waals surface area contributed by atoms with Crippen LogP contribution in [0.5, 0.6) is 0 Å². The molecular formula is C17H24O2. The molecule has 1 N–H and O–H groups in total. The molecule has 1 aromatic carbocycles. The van der Waals surface area contributed by atoms with Crippen LogP contribution in [0.4, 0.5) is 0 Å². The van der Waals surface area contributed by atoms with Gasteiger partial charge in [0.1, 0.15) is 0 Å². The van der Waals surface area contributed by atoms with Crippen LogP contribution in [0, 0.1) is 0 Å². The van der Waals surface area contributed by atoms with E-state index in [1.165, 1.54) is 31.2 Å². The molecule has 0 aromatic heterocycles. The Labute approximate surface area is 116 Å². The summed E-state index contributed by atoms with van der Waals surface area (Å²) in [6, 6.07) is 10.6. The van der Waals surface area contributed by atoms with Crippen LogP contribution in [0.1, 0.15) is 50.5 Å². The summed E-state index contributed by atoms with van der Waals surface area (Å²) >= 11 is 0. The fourth-order valence-corrected chi connectivity index (χ4v) is 2.13. The second-order valence-corrected chi connectivity index (χ2v) is 5.02. The van der Waals surface area contributed by atoms with Gasteiger partial charge in [0.05, 0.1) is 0 Å². The van der Waals surface area contributed by atoms with Crippen molar-refractivity contribution >= 4 is 5.97 Å². The van der Waals surface area contributed by atoms with E-state index in [2.05, 4.69) is 36.9 Å². The van der Waals surface area contributed by atoms with Gasteiger partial charge in [0.25, 0.3) is 0 Å². The molecule has 0 saturated carbocycles. The van der Waals surface area contributed by atoms with E-state index in [1.807, 2.05) is 0 Å². The zero-order chi connectivity index (χ0) is 13.9. The minimum absolute atomic E-state index is 0.337. The maximum atomic E-state index is 10.5. The third-order valence-electron chi connectivity index (χ3n) is 3.34. The summed E-state index contributed by atoms with van der Waals surface area (Å²) in [6.07, 6.45) is 8.78. The fourth-order valence-electron chi connectivity index (χ4n) is 2.13. The number of benzene rings is 1. The van der Waals surface area contributed by atoms with Crippen molar-refractivity contribution in [3.05, 3.63) is 48.0 Å². The van der Waals surface area contributed by atoms with Crippen LogP contribution in [0.25, 0.3) is 0 Å². The first-order chi connectivity index (χ1) is 9.20. The Kier molecular flexibility index (Phi) is 7.64. The fraction of sp³-hybridized carbons (Fsp3) is 0.471. The van der Waals surface area contributed by atoms with Crippen LogP contribution in [0.2, 0.25) is 0 Å². The molecule has 1 rings (SSSR count). The van der Waals surface area contributed by atoms with Crippen LogP contribution in [-0.2, 0) is 11.2 Å². The first kappa shape index (κ1) is 15.5. The molecule has 2 nitrogen and oxygen atoms in total. The van der Waals surface area contributed by atoms with Gasteiger partial charge in [0.2, 0.25) is 0 Å². The normalized spacial score (nSPS) is 10.3. The molecule has 2 heteroatoms. The lowest BCUT2D eigenvalue weighted by Crippen LogP contribution is -1.98. The number of carboxylic acids is 1. The third kappa shape index (κ3) is 7.45. The van der Waals surface area contributed by atoms with E-state index < -0.39 is 5.97 Å². The predicted octanol–water partition coefficient (Wildman–Crippen LogP) is 4.60. The highest BCUT2D eigenvalue weighted by molar-refractivity contribution is 5.85. The Hall–Kier alpha value is -1.57.